The molecule has 5 heteroatoms. The summed E-state index contributed by atoms with van der Waals surface area (Å²) in [6.07, 6.45) is 0. The molecule has 2 aromatic carbocycles. The number of benzene rings is 2. The summed E-state index contributed by atoms with van der Waals surface area (Å²) in [7, 11) is 0. The summed E-state index contributed by atoms with van der Waals surface area (Å²) in [5, 5.41) is 0.453. The van der Waals surface area contributed by atoms with Crippen LogP contribution in [0.25, 0.3) is 0 Å². The Morgan fingerprint density at radius 3 is 2.60 bits per heavy atom. The van der Waals surface area contributed by atoms with Crippen molar-refractivity contribution in [2.24, 2.45) is 5.73 Å². The summed E-state index contributed by atoms with van der Waals surface area (Å²) in [5.41, 5.74) is 13.7. The maximum absolute atomic E-state index is 11.0. The molecule has 0 saturated carbocycles. The third-order valence-electron chi connectivity index (χ3n) is 2.92. The fourth-order valence-electron chi connectivity index (χ4n) is 1.81. The number of anilines is 1. The average molecular weight is 291 g/mol. The van der Waals surface area contributed by atoms with Gasteiger partial charge >= 0.3 is 0 Å². The molecule has 104 valence electrons. The molecular formula is C15H15ClN2O2. The second kappa shape index (κ2) is 5.84. The van der Waals surface area contributed by atoms with Crippen LogP contribution in [-0.2, 0) is 6.61 Å². The van der Waals surface area contributed by atoms with Crippen LogP contribution in [0.3, 0.4) is 0 Å². The van der Waals surface area contributed by atoms with Crippen molar-refractivity contribution in [3.8, 4) is 5.75 Å². The summed E-state index contributed by atoms with van der Waals surface area (Å²) < 4.78 is 5.70. The Kier molecular flexibility index (Phi) is 4.15. The number of primary amides is 1. The number of carbonyl (C=O) groups excluding carboxylic acids is 1. The lowest BCUT2D eigenvalue weighted by Gasteiger charge is -2.11. The van der Waals surface area contributed by atoms with Crippen LogP contribution in [0.4, 0.5) is 5.69 Å². The molecule has 0 aliphatic rings. The van der Waals surface area contributed by atoms with Crippen LogP contribution >= 0.6 is 11.6 Å². The number of rotatable bonds is 4. The molecular weight excluding hydrogens is 276 g/mol. The number of amides is 1. The van der Waals surface area contributed by atoms with Crippen LogP contribution in [0.1, 0.15) is 21.5 Å². The van der Waals surface area contributed by atoms with Crippen LogP contribution in [0.5, 0.6) is 5.75 Å². The van der Waals surface area contributed by atoms with Gasteiger partial charge in [-0.05, 0) is 42.8 Å². The molecule has 1 amide bonds. The number of aryl methyl sites for hydroxylation is 1. The maximum Gasteiger partial charge on any atom is 0.248 e. The number of nitrogen functional groups attached to an aromatic ring is 1. The highest BCUT2D eigenvalue weighted by molar-refractivity contribution is 6.31. The van der Waals surface area contributed by atoms with E-state index in [1.807, 2.05) is 19.1 Å². The van der Waals surface area contributed by atoms with Gasteiger partial charge in [0.15, 0.2) is 0 Å². The van der Waals surface area contributed by atoms with Gasteiger partial charge in [0.05, 0.1) is 0 Å². The Balaban J connectivity index is 2.13. The zero-order chi connectivity index (χ0) is 14.7. The lowest BCUT2D eigenvalue weighted by Crippen LogP contribution is -2.11. The minimum Gasteiger partial charge on any atom is -0.489 e. The van der Waals surface area contributed by atoms with Gasteiger partial charge in [0.2, 0.25) is 5.91 Å². The van der Waals surface area contributed by atoms with E-state index in [9.17, 15) is 4.79 Å². The second-order valence-electron chi connectivity index (χ2n) is 4.48. The number of ether oxygens (including phenoxy) is 1. The molecule has 0 saturated heterocycles. The summed E-state index contributed by atoms with van der Waals surface area (Å²) in [4.78, 5) is 11.0. The van der Waals surface area contributed by atoms with Gasteiger partial charge in [-0.3, -0.25) is 4.79 Å². The van der Waals surface area contributed by atoms with Crippen LogP contribution < -0.4 is 16.2 Å². The van der Waals surface area contributed by atoms with Gasteiger partial charge in [-0.1, -0.05) is 17.7 Å². The molecule has 0 unspecified atom stereocenters. The first-order valence-corrected chi connectivity index (χ1v) is 6.42. The zero-order valence-electron chi connectivity index (χ0n) is 11.0. The molecule has 0 heterocycles. The highest BCUT2D eigenvalue weighted by Gasteiger charge is 2.07. The van der Waals surface area contributed by atoms with Gasteiger partial charge in [-0.25, -0.2) is 0 Å². The van der Waals surface area contributed by atoms with Crippen molar-refractivity contribution in [1.82, 2.24) is 0 Å². The third kappa shape index (κ3) is 3.22. The predicted molar refractivity (Wildman–Crippen MR) is 79.9 cm³/mol. The van der Waals surface area contributed by atoms with Gasteiger partial charge < -0.3 is 16.2 Å². The highest BCUT2D eigenvalue weighted by atomic mass is 35.5. The van der Waals surface area contributed by atoms with Gasteiger partial charge in [-0.2, -0.15) is 0 Å². The molecule has 2 aromatic rings. The first-order valence-electron chi connectivity index (χ1n) is 6.04. The van der Waals surface area contributed by atoms with Crippen molar-refractivity contribution < 1.29 is 9.53 Å². The summed E-state index contributed by atoms with van der Waals surface area (Å²) in [6, 6.07) is 10.3. The van der Waals surface area contributed by atoms with Gasteiger partial charge in [0, 0.05) is 21.8 Å². The average Bonchev–Trinajstić information content (AvgIpc) is 2.38. The number of hydrogen-bond donors (Lipinski definition) is 2. The Labute approximate surface area is 122 Å². The first kappa shape index (κ1) is 14.2. The van der Waals surface area contributed by atoms with Crippen molar-refractivity contribution in [2.45, 2.75) is 13.5 Å². The molecule has 0 fully saturated rings. The normalized spacial score (nSPS) is 10.3. The summed E-state index contributed by atoms with van der Waals surface area (Å²) in [5.74, 6) is 0.239. The first-order chi connectivity index (χ1) is 9.47. The fraction of sp³-hybridized carbons (Fsp3) is 0.133. The SMILES string of the molecule is Cc1cc(N)ccc1OCc1ccc(C(N)=O)cc1Cl. The molecule has 0 radical (unpaired) electrons. The van der Waals surface area contributed by atoms with E-state index in [0.29, 0.717) is 22.9 Å². The van der Waals surface area contributed by atoms with E-state index >= 15 is 0 Å². The lowest BCUT2D eigenvalue weighted by molar-refractivity contribution is 0.1000. The summed E-state index contributed by atoms with van der Waals surface area (Å²) >= 11 is 6.10. The van der Waals surface area contributed by atoms with Crippen LogP contribution in [0, 0.1) is 6.92 Å². The monoisotopic (exact) mass is 290 g/mol. The molecule has 0 aromatic heterocycles. The molecule has 0 atom stereocenters. The van der Waals surface area contributed by atoms with Crippen molar-refractivity contribution in [1.29, 1.82) is 0 Å². The summed E-state index contributed by atoms with van der Waals surface area (Å²) in [6.45, 7) is 2.23. The second-order valence-corrected chi connectivity index (χ2v) is 4.89. The molecule has 0 spiro atoms. The highest BCUT2D eigenvalue weighted by Crippen LogP contribution is 2.24. The number of nitrogens with two attached hydrogens (primary N) is 2. The quantitative estimate of drug-likeness (QED) is 0.850. The zero-order valence-corrected chi connectivity index (χ0v) is 11.8. The maximum atomic E-state index is 11.0. The molecule has 4 nitrogen and oxygen atoms in total. The molecule has 0 bridgehead atoms. The van der Waals surface area contributed by atoms with Crippen LogP contribution in [0.15, 0.2) is 36.4 Å². The predicted octanol–water partition coefficient (Wildman–Crippen LogP) is 2.91. The van der Waals surface area contributed by atoms with Crippen molar-refractivity contribution in [2.75, 3.05) is 5.73 Å². The van der Waals surface area contributed by atoms with E-state index in [0.717, 1.165) is 16.9 Å². The van der Waals surface area contributed by atoms with E-state index < -0.39 is 5.91 Å². The standard InChI is InChI=1S/C15H15ClN2O2/c1-9-6-12(17)4-5-14(9)20-8-11-3-2-10(15(18)19)7-13(11)16/h2-7H,8,17H2,1H3,(H2,18,19). The van der Waals surface area contributed by atoms with Crippen LogP contribution in [0.2, 0.25) is 5.02 Å². The Hall–Kier alpha value is -2.20. The van der Waals surface area contributed by atoms with E-state index in [4.69, 9.17) is 27.8 Å². The fourth-order valence-corrected chi connectivity index (χ4v) is 2.04. The molecule has 2 rings (SSSR count). The largest absolute Gasteiger partial charge is 0.489 e. The Morgan fingerprint density at radius 1 is 1.25 bits per heavy atom. The number of hydrogen-bond acceptors (Lipinski definition) is 3. The van der Waals surface area contributed by atoms with Gasteiger partial charge in [-0.15, -0.1) is 0 Å². The van der Waals surface area contributed by atoms with Crippen molar-refractivity contribution in [3.05, 3.63) is 58.1 Å². The Morgan fingerprint density at radius 2 is 2.00 bits per heavy atom. The van der Waals surface area contributed by atoms with E-state index in [-0.39, 0.29) is 0 Å². The topological polar surface area (TPSA) is 78.3 Å². The minimum absolute atomic E-state index is 0.308. The van der Waals surface area contributed by atoms with Gasteiger partial charge in [0.1, 0.15) is 12.4 Å². The molecule has 0 aliphatic heterocycles. The van der Waals surface area contributed by atoms with Crippen molar-refractivity contribution >= 4 is 23.2 Å². The molecule has 4 N–H and O–H groups in total. The lowest BCUT2D eigenvalue weighted by atomic mass is 10.1. The van der Waals surface area contributed by atoms with E-state index in [1.54, 1.807) is 24.3 Å². The van der Waals surface area contributed by atoms with E-state index in [1.165, 1.54) is 0 Å². The minimum atomic E-state index is -0.506. The number of carbonyl (C=O) groups is 1. The molecule has 0 aliphatic carbocycles. The van der Waals surface area contributed by atoms with Crippen molar-refractivity contribution in [3.63, 3.8) is 0 Å². The van der Waals surface area contributed by atoms with Gasteiger partial charge in [0.25, 0.3) is 0 Å². The number of halogens is 1. The van der Waals surface area contributed by atoms with E-state index in [2.05, 4.69) is 0 Å². The molecule has 20 heavy (non-hydrogen) atoms. The van der Waals surface area contributed by atoms with Crippen LogP contribution in [-0.4, -0.2) is 5.91 Å². The third-order valence-corrected chi connectivity index (χ3v) is 3.27. The smallest absolute Gasteiger partial charge is 0.248 e. The Bertz CT molecular complexity index is 656.